The zero-order valence-electron chi connectivity index (χ0n) is 10.9. The standard InChI is InChI=1S/C14H11N7/c1-2-12-9(5-19-21-12)3-11(1)20-14-4-13(15-8-16-14)10-6-17-18-7-10/h1-8H,(H,17,18)(H,19,21)(H,15,16,20). The van der Waals surface area contributed by atoms with Crippen molar-refractivity contribution in [2.45, 2.75) is 0 Å². The first kappa shape index (κ1) is 11.6. The molecule has 0 saturated carbocycles. The topological polar surface area (TPSA) is 95.2 Å². The number of H-pyrrole nitrogens is 2. The summed E-state index contributed by atoms with van der Waals surface area (Å²) >= 11 is 0. The van der Waals surface area contributed by atoms with Gasteiger partial charge in [0.05, 0.1) is 23.6 Å². The van der Waals surface area contributed by atoms with Crippen molar-refractivity contribution in [3.8, 4) is 11.3 Å². The molecule has 7 nitrogen and oxygen atoms in total. The fourth-order valence-corrected chi connectivity index (χ4v) is 2.14. The Kier molecular flexibility index (Phi) is 2.60. The highest BCUT2D eigenvalue weighted by Crippen LogP contribution is 2.22. The summed E-state index contributed by atoms with van der Waals surface area (Å²) in [5, 5.41) is 17.9. The van der Waals surface area contributed by atoms with E-state index in [9.17, 15) is 0 Å². The Hall–Kier alpha value is -3.22. The van der Waals surface area contributed by atoms with Crippen molar-refractivity contribution >= 4 is 22.4 Å². The number of aromatic amines is 2. The van der Waals surface area contributed by atoms with Gasteiger partial charge in [-0.1, -0.05) is 0 Å². The van der Waals surface area contributed by atoms with Crippen LogP contribution in [-0.4, -0.2) is 30.4 Å². The fourth-order valence-electron chi connectivity index (χ4n) is 2.14. The molecule has 0 aliphatic rings. The second-order valence-electron chi connectivity index (χ2n) is 4.57. The second-order valence-corrected chi connectivity index (χ2v) is 4.57. The van der Waals surface area contributed by atoms with E-state index in [4.69, 9.17) is 0 Å². The Bertz CT molecular complexity index is 879. The molecule has 0 bridgehead atoms. The maximum absolute atomic E-state index is 4.24. The van der Waals surface area contributed by atoms with Gasteiger partial charge in [-0.3, -0.25) is 10.2 Å². The largest absolute Gasteiger partial charge is 0.340 e. The van der Waals surface area contributed by atoms with Crippen LogP contribution in [0.5, 0.6) is 0 Å². The third kappa shape index (κ3) is 2.20. The first-order chi connectivity index (χ1) is 10.4. The summed E-state index contributed by atoms with van der Waals surface area (Å²) in [5.74, 6) is 0.726. The molecule has 21 heavy (non-hydrogen) atoms. The van der Waals surface area contributed by atoms with E-state index in [0.717, 1.165) is 33.7 Å². The number of anilines is 2. The van der Waals surface area contributed by atoms with E-state index >= 15 is 0 Å². The highest BCUT2D eigenvalue weighted by molar-refractivity contribution is 5.82. The highest BCUT2D eigenvalue weighted by Gasteiger charge is 2.04. The third-order valence-corrected chi connectivity index (χ3v) is 3.17. The molecule has 3 aromatic heterocycles. The molecule has 3 heterocycles. The monoisotopic (exact) mass is 277 g/mol. The van der Waals surface area contributed by atoms with Crippen molar-refractivity contribution in [3.05, 3.63) is 49.2 Å². The lowest BCUT2D eigenvalue weighted by atomic mass is 10.2. The molecule has 0 spiro atoms. The zero-order chi connectivity index (χ0) is 14.1. The van der Waals surface area contributed by atoms with Gasteiger partial charge < -0.3 is 5.32 Å². The average molecular weight is 277 g/mol. The lowest BCUT2D eigenvalue weighted by molar-refractivity contribution is 1.09. The summed E-state index contributed by atoms with van der Waals surface area (Å²) in [6.07, 6.45) is 6.84. The number of hydrogen-bond acceptors (Lipinski definition) is 5. The Morgan fingerprint density at radius 3 is 2.90 bits per heavy atom. The van der Waals surface area contributed by atoms with Gasteiger partial charge in [0.2, 0.25) is 0 Å². The quantitative estimate of drug-likeness (QED) is 0.534. The molecule has 0 unspecified atom stereocenters. The number of nitrogens with zero attached hydrogens (tertiary/aromatic N) is 4. The van der Waals surface area contributed by atoms with Crippen LogP contribution in [0.2, 0.25) is 0 Å². The van der Waals surface area contributed by atoms with E-state index in [1.807, 2.05) is 24.3 Å². The molecule has 0 saturated heterocycles. The number of rotatable bonds is 3. The van der Waals surface area contributed by atoms with Crippen LogP contribution < -0.4 is 5.32 Å². The van der Waals surface area contributed by atoms with E-state index in [1.54, 1.807) is 18.6 Å². The van der Waals surface area contributed by atoms with Gasteiger partial charge in [0, 0.05) is 28.9 Å². The summed E-state index contributed by atoms with van der Waals surface area (Å²) in [5.41, 5.74) is 3.68. The van der Waals surface area contributed by atoms with Gasteiger partial charge in [0.1, 0.15) is 12.1 Å². The first-order valence-corrected chi connectivity index (χ1v) is 6.40. The second kappa shape index (κ2) is 4.71. The van der Waals surface area contributed by atoms with E-state index in [-0.39, 0.29) is 0 Å². The fraction of sp³-hybridized carbons (Fsp3) is 0. The van der Waals surface area contributed by atoms with Gasteiger partial charge in [0.25, 0.3) is 0 Å². The lowest BCUT2D eigenvalue weighted by Gasteiger charge is -2.06. The number of aromatic nitrogens is 6. The van der Waals surface area contributed by atoms with Crippen LogP contribution >= 0.6 is 0 Å². The third-order valence-electron chi connectivity index (χ3n) is 3.17. The van der Waals surface area contributed by atoms with Crippen LogP contribution in [0.15, 0.2) is 49.2 Å². The molecule has 0 aliphatic heterocycles. The number of fused-ring (bicyclic) bond motifs is 1. The van der Waals surface area contributed by atoms with Crippen molar-refractivity contribution < 1.29 is 0 Å². The molecule has 102 valence electrons. The smallest absolute Gasteiger partial charge is 0.134 e. The minimum Gasteiger partial charge on any atom is -0.340 e. The molecular formula is C14H11N7. The van der Waals surface area contributed by atoms with E-state index in [1.165, 1.54) is 6.33 Å². The van der Waals surface area contributed by atoms with Crippen molar-refractivity contribution in [3.63, 3.8) is 0 Å². The maximum Gasteiger partial charge on any atom is 0.134 e. The van der Waals surface area contributed by atoms with Crippen molar-refractivity contribution in [1.29, 1.82) is 0 Å². The van der Waals surface area contributed by atoms with E-state index in [2.05, 4.69) is 35.7 Å². The predicted molar refractivity (Wildman–Crippen MR) is 79.0 cm³/mol. The Balaban J connectivity index is 1.66. The van der Waals surface area contributed by atoms with Gasteiger partial charge in [-0.05, 0) is 18.2 Å². The van der Waals surface area contributed by atoms with Crippen LogP contribution in [-0.2, 0) is 0 Å². The predicted octanol–water partition coefficient (Wildman–Crippen LogP) is 2.49. The maximum atomic E-state index is 4.24. The SMILES string of the molecule is c1nc(Nc2ccc3[nH]ncc3c2)cc(-c2cn[nH]c2)n1. The molecule has 1 aromatic carbocycles. The van der Waals surface area contributed by atoms with Crippen LogP contribution in [0.1, 0.15) is 0 Å². The van der Waals surface area contributed by atoms with Crippen LogP contribution in [0, 0.1) is 0 Å². The van der Waals surface area contributed by atoms with Crippen LogP contribution in [0.4, 0.5) is 11.5 Å². The Morgan fingerprint density at radius 2 is 2.00 bits per heavy atom. The molecule has 0 aliphatic carbocycles. The molecular weight excluding hydrogens is 266 g/mol. The molecule has 0 amide bonds. The Labute approximate surface area is 119 Å². The normalized spacial score (nSPS) is 10.9. The molecule has 4 rings (SSSR count). The molecule has 0 radical (unpaired) electrons. The van der Waals surface area contributed by atoms with Crippen LogP contribution in [0.25, 0.3) is 22.2 Å². The highest BCUT2D eigenvalue weighted by atomic mass is 15.1. The van der Waals surface area contributed by atoms with Crippen LogP contribution in [0.3, 0.4) is 0 Å². The molecule has 0 atom stereocenters. The number of benzene rings is 1. The van der Waals surface area contributed by atoms with Crippen molar-refractivity contribution in [2.75, 3.05) is 5.32 Å². The van der Waals surface area contributed by atoms with Gasteiger partial charge in [-0.2, -0.15) is 10.2 Å². The minimum atomic E-state index is 0.726. The van der Waals surface area contributed by atoms with Gasteiger partial charge in [-0.25, -0.2) is 9.97 Å². The summed E-state index contributed by atoms with van der Waals surface area (Å²) < 4.78 is 0. The zero-order valence-corrected chi connectivity index (χ0v) is 10.9. The molecule has 4 aromatic rings. The van der Waals surface area contributed by atoms with Crippen molar-refractivity contribution in [1.82, 2.24) is 30.4 Å². The minimum absolute atomic E-state index is 0.726. The van der Waals surface area contributed by atoms with E-state index < -0.39 is 0 Å². The van der Waals surface area contributed by atoms with E-state index in [0.29, 0.717) is 0 Å². The lowest BCUT2D eigenvalue weighted by Crippen LogP contribution is -1.95. The summed E-state index contributed by atoms with van der Waals surface area (Å²) in [7, 11) is 0. The number of hydrogen-bond donors (Lipinski definition) is 3. The van der Waals surface area contributed by atoms with Gasteiger partial charge in [-0.15, -0.1) is 0 Å². The summed E-state index contributed by atoms with van der Waals surface area (Å²) in [6.45, 7) is 0. The number of nitrogens with one attached hydrogen (secondary N) is 3. The Morgan fingerprint density at radius 1 is 1.00 bits per heavy atom. The molecule has 0 fully saturated rings. The average Bonchev–Trinajstić information content (AvgIpc) is 3.18. The molecule has 3 N–H and O–H groups in total. The van der Waals surface area contributed by atoms with Crippen molar-refractivity contribution in [2.24, 2.45) is 0 Å². The molecule has 7 heteroatoms. The summed E-state index contributed by atoms with van der Waals surface area (Å²) in [6, 6.07) is 7.84. The first-order valence-electron chi connectivity index (χ1n) is 6.40. The van der Waals surface area contributed by atoms with Gasteiger partial charge in [0.15, 0.2) is 0 Å². The summed E-state index contributed by atoms with van der Waals surface area (Å²) in [4.78, 5) is 8.48. The van der Waals surface area contributed by atoms with Gasteiger partial charge >= 0.3 is 0 Å².